The summed E-state index contributed by atoms with van der Waals surface area (Å²) in [5.74, 6) is -1.06. The first kappa shape index (κ1) is 17.7. The van der Waals surface area contributed by atoms with Crippen molar-refractivity contribution < 1.29 is 13.6 Å². The van der Waals surface area contributed by atoms with Gasteiger partial charge in [-0.25, -0.2) is 14.2 Å². The first-order valence-electron chi connectivity index (χ1n) is 8.40. The van der Waals surface area contributed by atoms with Gasteiger partial charge in [0.2, 0.25) is 0 Å². The molecule has 1 N–H and O–H groups in total. The molecular formula is C19H20F2N2OS. The number of halogens is 2. The zero-order valence-corrected chi connectivity index (χ0v) is 15.1. The fraction of sp³-hybridized carbons (Fsp3) is 0.368. The Kier molecular flexibility index (Phi) is 5.27. The van der Waals surface area contributed by atoms with Crippen LogP contribution in [0.1, 0.15) is 52.4 Å². The van der Waals surface area contributed by atoms with Crippen molar-refractivity contribution in [1.82, 2.24) is 5.43 Å². The van der Waals surface area contributed by atoms with Gasteiger partial charge in [-0.15, -0.1) is 11.3 Å². The summed E-state index contributed by atoms with van der Waals surface area (Å²) in [6.07, 6.45) is 4.33. The number of benzene rings is 1. The number of hydrazone groups is 1. The van der Waals surface area contributed by atoms with E-state index < -0.39 is 11.6 Å². The molecule has 1 heterocycles. The van der Waals surface area contributed by atoms with Gasteiger partial charge in [0, 0.05) is 4.88 Å². The number of carbonyl (C=O) groups excluding carboxylic acids is 1. The van der Waals surface area contributed by atoms with E-state index in [9.17, 15) is 13.6 Å². The summed E-state index contributed by atoms with van der Waals surface area (Å²) in [5.41, 5.74) is 3.53. The number of hydrogen-bond donors (Lipinski definition) is 1. The molecule has 3 nitrogen and oxygen atoms in total. The average Bonchev–Trinajstić information content (AvgIpc) is 3.02. The Morgan fingerprint density at radius 3 is 2.76 bits per heavy atom. The van der Waals surface area contributed by atoms with Crippen molar-refractivity contribution >= 4 is 23.0 Å². The molecule has 0 saturated carbocycles. The van der Waals surface area contributed by atoms with Gasteiger partial charge in [0.1, 0.15) is 11.6 Å². The number of carbonyl (C=O) groups is 1. The van der Waals surface area contributed by atoms with Crippen LogP contribution in [0.5, 0.6) is 0 Å². The Balaban J connectivity index is 1.74. The van der Waals surface area contributed by atoms with Crippen LogP contribution in [0.3, 0.4) is 0 Å². The maximum absolute atomic E-state index is 13.7. The SMILES string of the molecule is CC[C@H]1CCc2sc(C(=O)N/N=C(/C)c3c(F)cccc3F)cc2C1. The highest BCUT2D eigenvalue weighted by Gasteiger charge is 2.22. The van der Waals surface area contributed by atoms with Gasteiger partial charge in [0.05, 0.1) is 16.2 Å². The molecule has 25 heavy (non-hydrogen) atoms. The van der Waals surface area contributed by atoms with E-state index in [-0.39, 0.29) is 17.2 Å². The van der Waals surface area contributed by atoms with Crippen molar-refractivity contribution in [2.75, 3.05) is 0 Å². The topological polar surface area (TPSA) is 41.5 Å². The molecule has 2 aromatic rings. The van der Waals surface area contributed by atoms with Crippen LogP contribution in [-0.2, 0) is 12.8 Å². The lowest BCUT2D eigenvalue weighted by Crippen LogP contribution is -2.19. The van der Waals surface area contributed by atoms with Gasteiger partial charge in [-0.2, -0.15) is 5.10 Å². The second-order valence-corrected chi connectivity index (χ2v) is 7.45. The van der Waals surface area contributed by atoms with E-state index in [4.69, 9.17) is 0 Å². The molecule has 0 fully saturated rings. The molecule has 1 aliphatic rings. The standard InChI is InChI=1S/C19H20F2N2OS/c1-3-12-7-8-16-13(9-12)10-17(25-16)19(24)23-22-11(2)18-14(20)5-4-6-15(18)21/h4-6,10,12H,3,7-9H2,1-2H3,(H,23,24)/b22-11-/t12-/m0/s1. The fourth-order valence-electron chi connectivity index (χ4n) is 3.15. The van der Waals surface area contributed by atoms with E-state index in [0.29, 0.717) is 10.8 Å². The number of rotatable bonds is 4. The van der Waals surface area contributed by atoms with Crippen molar-refractivity contribution in [3.63, 3.8) is 0 Å². The molecule has 0 bridgehead atoms. The molecule has 3 rings (SSSR count). The molecule has 0 unspecified atom stereocenters. The number of thiophene rings is 1. The molecule has 1 aliphatic carbocycles. The van der Waals surface area contributed by atoms with Crippen LogP contribution < -0.4 is 5.43 Å². The third kappa shape index (κ3) is 3.79. The van der Waals surface area contributed by atoms with Crippen molar-refractivity contribution in [2.24, 2.45) is 11.0 Å². The van der Waals surface area contributed by atoms with Crippen LogP contribution in [0.15, 0.2) is 29.4 Å². The molecule has 132 valence electrons. The Labute approximate surface area is 149 Å². The Bertz CT molecular complexity index is 809. The second-order valence-electron chi connectivity index (χ2n) is 6.31. The van der Waals surface area contributed by atoms with Crippen LogP contribution in [0.25, 0.3) is 0 Å². The molecule has 1 amide bonds. The molecule has 0 saturated heterocycles. The minimum Gasteiger partial charge on any atom is -0.266 e. The largest absolute Gasteiger partial charge is 0.281 e. The lowest BCUT2D eigenvalue weighted by molar-refractivity contribution is 0.0958. The van der Waals surface area contributed by atoms with Crippen molar-refractivity contribution in [3.8, 4) is 0 Å². The van der Waals surface area contributed by atoms with E-state index in [0.717, 1.165) is 37.8 Å². The number of fused-ring (bicyclic) bond motifs is 1. The van der Waals surface area contributed by atoms with E-state index in [1.165, 1.54) is 34.8 Å². The number of hydrogen-bond acceptors (Lipinski definition) is 3. The number of amides is 1. The Hall–Kier alpha value is -2.08. The normalized spacial score (nSPS) is 17.3. The zero-order chi connectivity index (χ0) is 18.0. The average molecular weight is 362 g/mol. The van der Waals surface area contributed by atoms with Crippen molar-refractivity contribution in [1.29, 1.82) is 0 Å². The summed E-state index contributed by atoms with van der Waals surface area (Å²) < 4.78 is 27.5. The van der Waals surface area contributed by atoms with Gasteiger partial charge in [-0.05, 0) is 55.9 Å². The lowest BCUT2D eigenvalue weighted by atomic mass is 9.87. The molecule has 1 aromatic heterocycles. The summed E-state index contributed by atoms with van der Waals surface area (Å²) in [6.45, 7) is 3.65. The first-order chi connectivity index (χ1) is 12.0. The van der Waals surface area contributed by atoms with Gasteiger partial charge in [0.25, 0.3) is 5.91 Å². The van der Waals surface area contributed by atoms with Gasteiger partial charge < -0.3 is 0 Å². The minimum atomic E-state index is -0.701. The van der Waals surface area contributed by atoms with Crippen LogP contribution in [-0.4, -0.2) is 11.6 Å². The Morgan fingerprint density at radius 1 is 1.36 bits per heavy atom. The second kappa shape index (κ2) is 7.44. The third-order valence-corrected chi connectivity index (χ3v) is 5.87. The maximum Gasteiger partial charge on any atom is 0.281 e. The van der Waals surface area contributed by atoms with E-state index >= 15 is 0 Å². The number of nitrogens with zero attached hydrogens (tertiary/aromatic N) is 1. The fourth-order valence-corrected chi connectivity index (χ4v) is 4.25. The molecule has 6 heteroatoms. The summed E-state index contributed by atoms with van der Waals surface area (Å²) in [7, 11) is 0. The van der Waals surface area contributed by atoms with E-state index in [1.54, 1.807) is 0 Å². The highest BCUT2D eigenvalue weighted by atomic mass is 32.1. The van der Waals surface area contributed by atoms with Gasteiger partial charge in [-0.3, -0.25) is 4.79 Å². The molecule has 1 atom stereocenters. The molecule has 1 aromatic carbocycles. The predicted octanol–water partition coefficient (Wildman–Crippen LogP) is 4.70. The van der Waals surface area contributed by atoms with Crippen LogP contribution >= 0.6 is 11.3 Å². The third-order valence-electron chi connectivity index (χ3n) is 4.64. The summed E-state index contributed by atoms with van der Waals surface area (Å²) in [4.78, 5) is 14.2. The quantitative estimate of drug-likeness (QED) is 0.622. The highest BCUT2D eigenvalue weighted by Crippen LogP contribution is 2.33. The smallest absolute Gasteiger partial charge is 0.266 e. The van der Waals surface area contributed by atoms with Crippen LogP contribution in [0.2, 0.25) is 0 Å². The van der Waals surface area contributed by atoms with E-state index in [2.05, 4.69) is 17.5 Å². The molecule has 0 spiro atoms. The van der Waals surface area contributed by atoms with E-state index in [1.807, 2.05) is 6.07 Å². The van der Waals surface area contributed by atoms with Crippen molar-refractivity contribution in [2.45, 2.75) is 39.5 Å². The predicted molar refractivity (Wildman–Crippen MR) is 96.2 cm³/mol. The maximum atomic E-state index is 13.7. The zero-order valence-electron chi connectivity index (χ0n) is 14.2. The van der Waals surface area contributed by atoms with Crippen molar-refractivity contribution in [3.05, 3.63) is 56.8 Å². The molecular weight excluding hydrogens is 342 g/mol. The monoisotopic (exact) mass is 362 g/mol. The summed E-state index contributed by atoms with van der Waals surface area (Å²) in [6, 6.07) is 5.54. The number of aryl methyl sites for hydroxylation is 1. The first-order valence-corrected chi connectivity index (χ1v) is 9.21. The van der Waals surface area contributed by atoms with Gasteiger partial charge in [0.15, 0.2) is 0 Å². The van der Waals surface area contributed by atoms with Crippen LogP contribution in [0.4, 0.5) is 8.78 Å². The number of nitrogens with one attached hydrogen (secondary N) is 1. The van der Waals surface area contributed by atoms with Crippen LogP contribution in [0, 0.1) is 17.6 Å². The Morgan fingerprint density at radius 2 is 2.08 bits per heavy atom. The summed E-state index contributed by atoms with van der Waals surface area (Å²) >= 11 is 1.48. The van der Waals surface area contributed by atoms with Gasteiger partial charge in [-0.1, -0.05) is 19.4 Å². The summed E-state index contributed by atoms with van der Waals surface area (Å²) in [5, 5.41) is 3.87. The molecule has 0 radical (unpaired) electrons. The minimum absolute atomic E-state index is 0.0938. The molecule has 0 aliphatic heterocycles. The lowest BCUT2D eigenvalue weighted by Gasteiger charge is -2.19. The van der Waals surface area contributed by atoms with Gasteiger partial charge >= 0.3 is 0 Å². The highest BCUT2D eigenvalue weighted by molar-refractivity contribution is 7.14.